The maximum absolute atomic E-state index is 12.7. The van der Waals surface area contributed by atoms with E-state index in [1.54, 1.807) is 0 Å². The molecule has 0 aromatic rings. The van der Waals surface area contributed by atoms with E-state index in [4.69, 9.17) is 0 Å². The van der Waals surface area contributed by atoms with Crippen molar-refractivity contribution in [2.45, 2.75) is 63.5 Å². The lowest BCUT2D eigenvalue weighted by atomic mass is 9.78. The molecule has 1 saturated carbocycles. The van der Waals surface area contributed by atoms with Crippen LogP contribution < -0.4 is 5.32 Å². The van der Waals surface area contributed by atoms with Crippen molar-refractivity contribution in [2.75, 3.05) is 13.2 Å². The number of carbonyl (C=O) groups excluding carboxylic acids is 2. The Balaban J connectivity index is 2.23. The number of carbonyl (C=O) groups is 2. The summed E-state index contributed by atoms with van der Waals surface area (Å²) in [5.41, 5.74) is -0.741. The highest BCUT2D eigenvalue weighted by molar-refractivity contribution is 5.99. The third-order valence-corrected chi connectivity index (χ3v) is 4.31. The SMILES string of the molecule is CCCC1C(=O)NC2(CCCCC2)C(=O)N1CCF. The molecule has 2 aliphatic rings. The number of halogens is 1. The van der Waals surface area contributed by atoms with Gasteiger partial charge in [0.2, 0.25) is 11.8 Å². The maximum atomic E-state index is 12.7. The average Bonchev–Trinajstić information content (AvgIpc) is 2.41. The fourth-order valence-corrected chi connectivity index (χ4v) is 3.33. The molecule has 1 N–H and O–H groups in total. The van der Waals surface area contributed by atoms with Crippen molar-refractivity contribution < 1.29 is 14.0 Å². The van der Waals surface area contributed by atoms with E-state index in [-0.39, 0.29) is 18.4 Å². The second kappa shape index (κ2) is 5.88. The van der Waals surface area contributed by atoms with Crippen molar-refractivity contribution in [1.82, 2.24) is 10.2 Å². The quantitative estimate of drug-likeness (QED) is 0.846. The number of amides is 2. The first kappa shape index (κ1) is 14.3. The summed E-state index contributed by atoms with van der Waals surface area (Å²) in [7, 11) is 0. The summed E-state index contributed by atoms with van der Waals surface area (Å²) in [5, 5.41) is 2.95. The first-order valence-electron chi connectivity index (χ1n) is 7.33. The van der Waals surface area contributed by atoms with Gasteiger partial charge in [0.1, 0.15) is 18.3 Å². The van der Waals surface area contributed by atoms with Crippen molar-refractivity contribution in [2.24, 2.45) is 0 Å². The van der Waals surface area contributed by atoms with Crippen LogP contribution >= 0.6 is 0 Å². The molecule has 0 radical (unpaired) electrons. The van der Waals surface area contributed by atoms with E-state index >= 15 is 0 Å². The van der Waals surface area contributed by atoms with Crippen LogP contribution in [0.1, 0.15) is 51.9 Å². The number of rotatable bonds is 4. The van der Waals surface area contributed by atoms with E-state index < -0.39 is 18.3 Å². The Bertz CT molecular complexity index is 353. The lowest BCUT2D eigenvalue weighted by Gasteiger charge is -2.47. The van der Waals surface area contributed by atoms with E-state index in [9.17, 15) is 14.0 Å². The molecule has 2 rings (SSSR count). The molecule has 0 bridgehead atoms. The molecule has 5 heteroatoms. The average molecular weight is 270 g/mol. The zero-order valence-corrected chi connectivity index (χ0v) is 11.6. The lowest BCUT2D eigenvalue weighted by molar-refractivity contribution is -0.157. The molecule has 0 aromatic heterocycles. The van der Waals surface area contributed by atoms with Gasteiger partial charge in [0.15, 0.2) is 0 Å². The van der Waals surface area contributed by atoms with Crippen LogP contribution in [0.2, 0.25) is 0 Å². The number of alkyl halides is 1. The van der Waals surface area contributed by atoms with Gasteiger partial charge in [-0.2, -0.15) is 0 Å². The van der Waals surface area contributed by atoms with E-state index in [1.807, 2.05) is 6.92 Å². The second-order valence-electron chi connectivity index (χ2n) is 5.62. The van der Waals surface area contributed by atoms with E-state index in [1.165, 1.54) is 4.90 Å². The molecule has 1 heterocycles. The molecule has 1 spiro atoms. The largest absolute Gasteiger partial charge is 0.340 e. The fraction of sp³-hybridized carbons (Fsp3) is 0.857. The van der Waals surface area contributed by atoms with Crippen molar-refractivity contribution in [3.8, 4) is 0 Å². The van der Waals surface area contributed by atoms with Gasteiger partial charge in [-0.25, -0.2) is 4.39 Å². The van der Waals surface area contributed by atoms with Crippen molar-refractivity contribution in [1.29, 1.82) is 0 Å². The molecular weight excluding hydrogens is 247 g/mol. The summed E-state index contributed by atoms with van der Waals surface area (Å²) in [6, 6.07) is -0.485. The summed E-state index contributed by atoms with van der Waals surface area (Å²) < 4.78 is 12.7. The van der Waals surface area contributed by atoms with E-state index in [0.717, 1.165) is 25.7 Å². The Morgan fingerprint density at radius 1 is 1.32 bits per heavy atom. The molecular formula is C14H23FN2O2. The Morgan fingerprint density at radius 3 is 2.58 bits per heavy atom. The number of nitrogens with one attached hydrogen (secondary N) is 1. The van der Waals surface area contributed by atoms with Gasteiger partial charge in [0.25, 0.3) is 0 Å². The summed E-state index contributed by atoms with van der Waals surface area (Å²) in [6.07, 6.45) is 5.81. The first-order chi connectivity index (χ1) is 9.14. The highest BCUT2D eigenvalue weighted by Crippen LogP contribution is 2.33. The van der Waals surface area contributed by atoms with Crippen LogP contribution in [-0.2, 0) is 9.59 Å². The molecule has 1 saturated heterocycles. The molecule has 1 aliphatic carbocycles. The van der Waals surface area contributed by atoms with Gasteiger partial charge in [0.05, 0.1) is 0 Å². The third kappa shape index (κ3) is 2.60. The molecule has 19 heavy (non-hydrogen) atoms. The van der Waals surface area contributed by atoms with Crippen molar-refractivity contribution in [3.05, 3.63) is 0 Å². The Hall–Kier alpha value is -1.13. The van der Waals surface area contributed by atoms with Gasteiger partial charge in [-0.1, -0.05) is 32.6 Å². The standard InChI is InChI=1S/C14H23FN2O2/c1-2-6-11-12(18)16-14(7-4-3-5-8-14)13(19)17(11)10-9-15/h11H,2-10H2,1H3,(H,16,18). The van der Waals surface area contributed by atoms with Crippen LogP contribution in [0.15, 0.2) is 0 Å². The molecule has 2 fully saturated rings. The van der Waals surface area contributed by atoms with Crippen LogP contribution in [-0.4, -0.2) is 41.5 Å². The minimum absolute atomic E-state index is 0.0403. The zero-order chi connectivity index (χ0) is 13.9. The van der Waals surface area contributed by atoms with E-state index in [2.05, 4.69) is 5.32 Å². The van der Waals surface area contributed by atoms with Crippen LogP contribution in [0.5, 0.6) is 0 Å². The third-order valence-electron chi connectivity index (χ3n) is 4.31. The van der Waals surface area contributed by atoms with Crippen LogP contribution in [0, 0.1) is 0 Å². The normalized spacial score (nSPS) is 26.6. The van der Waals surface area contributed by atoms with Crippen LogP contribution in [0.4, 0.5) is 4.39 Å². The second-order valence-corrected chi connectivity index (χ2v) is 5.62. The van der Waals surface area contributed by atoms with E-state index in [0.29, 0.717) is 19.3 Å². The lowest BCUT2D eigenvalue weighted by Crippen LogP contribution is -2.71. The minimum atomic E-state index is -0.741. The number of piperazine rings is 1. The van der Waals surface area contributed by atoms with Crippen molar-refractivity contribution >= 4 is 11.8 Å². The smallest absolute Gasteiger partial charge is 0.249 e. The highest BCUT2D eigenvalue weighted by Gasteiger charge is 2.50. The minimum Gasteiger partial charge on any atom is -0.340 e. The number of hydrogen-bond acceptors (Lipinski definition) is 2. The molecule has 4 nitrogen and oxygen atoms in total. The van der Waals surface area contributed by atoms with Gasteiger partial charge in [-0.05, 0) is 19.3 Å². The van der Waals surface area contributed by atoms with Gasteiger partial charge in [-0.15, -0.1) is 0 Å². The molecule has 1 unspecified atom stereocenters. The topological polar surface area (TPSA) is 49.4 Å². The summed E-state index contributed by atoms with van der Waals surface area (Å²) in [4.78, 5) is 26.4. The molecule has 0 aromatic carbocycles. The Labute approximate surface area is 113 Å². The Morgan fingerprint density at radius 2 is 2.00 bits per heavy atom. The monoisotopic (exact) mass is 270 g/mol. The zero-order valence-electron chi connectivity index (χ0n) is 11.6. The summed E-state index contributed by atoms with van der Waals surface area (Å²) >= 11 is 0. The van der Waals surface area contributed by atoms with Crippen LogP contribution in [0.25, 0.3) is 0 Å². The Kier molecular flexibility index (Phi) is 4.42. The predicted molar refractivity (Wildman–Crippen MR) is 70.3 cm³/mol. The first-order valence-corrected chi connectivity index (χ1v) is 7.33. The molecule has 1 aliphatic heterocycles. The van der Waals surface area contributed by atoms with Crippen molar-refractivity contribution in [3.63, 3.8) is 0 Å². The van der Waals surface area contributed by atoms with Gasteiger partial charge in [0, 0.05) is 6.54 Å². The molecule has 108 valence electrons. The summed E-state index contributed by atoms with van der Waals surface area (Å²) in [6.45, 7) is 1.42. The van der Waals surface area contributed by atoms with Gasteiger partial charge >= 0.3 is 0 Å². The van der Waals surface area contributed by atoms with Gasteiger partial charge < -0.3 is 10.2 Å². The molecule has 1 atom stereocenters. The fourth-order valence-electron chi connectivity index (χ4n) is 3.33. The number of nitrogens with zero attached hydrogens (tertiary/aromatic N) is 1. The predicted octanol–water partition coefficient (Wildman–Crippen LogP) is 1.79. The summed E-state index contributed by atoms with van der Waals surface area (Å²) in [5.74, 6) is -0.167. The van der Waals surface area contributed by atoms with Crippen LogP contribution in [0.3, 0.4) is 0 Å². The molecule has 2 amide bonds. The highest BCUT2D eigenvalue weighted by atomic mass is 19.1. The maximum Gasteiger partial charge on any atom is 0.249 e. The number of hydrogen-bond donors (Lipinski definition) is 1. The van der Waals surface area contributed by atoms with Gasteiger partial charge in [-0.3, -0.25) is 9.59 Å².